The van der Waals surface area contributed by atoms with E-state index in [2.05, 4.69) is 9.62 Å². The summed E-state index contributed by atoms with van der Waals surface area (Å²) in [6.07, 6.45) is 9.55. The maximum absolute atomic E-state index is 12.4. The first-order valence-electron chi connectivity index (χ1n) is 12.7. The van der Waals surface area contributed by atoms with Gasteiger partial charge in [-0.15, -0.1) is 0 Å². The van der Waals surface area contributed by atoms with Crippen LogP contribution in [0.15, 0.2) is 29.2 Å². The van der Waals surface area contributed by atoms with E-state index in [0.717, 1.165) is 68.8 Å². The molecule has 1 heterocycles. The van der Waals surface area contributed by atoms with Crippen molar-refractivity contribution in [2.24, 2.45) is 5.92 Å². The van der Waals surface area contributed by atoms with Gasteiger partial charge in [0.1, 0.15) is 6.23 Å². The minimum absolute atomic E-state index is 0.115. The van der Waals surface area contributed by atoms with Crippen LogP contribution >= 0.6 is 0 Å². The quantitative estimate of drug-likeness (QED) is 0.541. The third kappa shape index (κ3) is 7.67. The Labute approximate surface area is 202 Å². The number of halogens is 3. The number of benzene rings is 1. The molecule has 5 nitrogen and oxygen atoms in total. The maximum Gasteiger partial charge on any atom is 0.416 e. The molecule has 4 rings (SSSR count). The highest BCUT2D eigenvalue weighted by Gasteiger charge is 2.34. The summed E-state index contributed by atoms with van der Waals surface area (Å²) in [6.45, 7) is 3.03. The molecular weight excluding hydrogens is 465 g/mol. The molecule has 0 amide bonds. The largest absolute Gasteiger partial charge is 0.416 e. The summed E-state index contributed by atoms with van der Waals surface area (Å²) < 4.78 is 64.0. The summed E-state index contributed by atoms with van der Waals surface area (Å²) in [5, 5.41) is 9.68. The van der Waals surface area contributed by atoms with Crippen LogP contribution in [0.3, 0.4) is 0 Å². The van der Waals surface area contributed by atoms with Gasteiger partial charge in [-0.3, -0.25) is 4.90 Å². The minimum Gasteiger partial charge on any atom is -0.379 e. The second-order valence-electron chi connectivity index (χ2n) is 9.96. The lowest BCUT2D eigenvalue weighted by atomic mass is 9.83. The predicted molar refractivity (Wildman–Crippen MR) is 127 cm³/mol. The highest BCUT2D eigenvalue weighted by molar-refractivity contribution is 7.89. The van der Waals surface area contributed by atoms with Crippen molar-refractivity contribution in [3.05, 3.63) is 29.8 Å². The van der Waals surface area contributed by atoms with Gasteiger partial charge in [-0.2, -0.15) is 13.2 Å². The normalized spacial score (nSPS) is 24.4. The van der Waals surface area contributed by atoms with Crippen LogP contribution in [-0.4, -0.2) is 43.3 Å². The van der Waals surface area contributed by atoms with Gasteiger partial charge in [0.05, 0.1) is 10.5 Å². The van der Waals surface area contributed by atoms with Gasteiger partial charge in [-0.1, -0.05) is 38.5 Å². The molecule has 9 heteroatoms. The van der Waals surface area contributed by atoms with Crippen molar-refractivity contribution in [3.8, 4) is 0 Å². The van der Waals surface area contributed by atoms with E-state index in [-0.39, 0.29) is 17.2 Å². The Balaban J connectivity index is 0.000000202. The monoisotopic (exact) mass is 504 g/mol. The number of nitrogens with zero attached hydrogens (tertiary/aromatic N) is 1. The van der Waals surface area contributed by atoms with E-state index in [4.69, 9.17) is 0 Å². The smallest absolute Gasteiger partial charge is 0.379 e. The number of likely N-dealkylation sites (tertiary alicyclic amines) is 1. The third-order valence-corrected chi connectivity index (χ3v) is 8.97. The second kappa shape index (κ2) is 12.2. The molecule has 3 fully saturated rings. The molecule has 3 aliphatic rings. The van der Waals surface area contributed by atoms with Crippen LogP contribution in [0, 0.1) is 5.92 Å². The van der Waals surface area contributed by atoms with Crippen molar-refractivity contribution in [2.75, 3.05) is 6.54 Å². The van der Waals surface area contributed by atoms with Crippen molar-refractivity contribution in [1.29, 1.82) is 0 Å². The minimum atomic E-state index is -4.46. The standard InChI is InChI=1S/C13H16F3NO2S.C12H23NO/c14-13(15,16)10-6-8-12(9-7-10)20(18,19)17-11-4-2-1-3-5-11;1-10(14)13-9-5-8-12(13)11-6-3-2-4-7-11/h6-9,11,17H,1-5H2;10-12,14H,2-9H2,1H3. The molecule has 1 saturated heterocycles. The van der Waals surface area contributed by atoms with Gasteiger partial charge in [-0.25, -0.2) is 13.1 Å². The predicted octanol–water partition coefficient (Wildman–Crippen LogP) is 5.69. The number of rotatable bonds is 5. The van der Waals surface area contributed by atoms with Crippen molar-refractivity contribution in [1.82, 2.24) is 9.62 Å². The summed E-state index contributed by atoms with van der Waals surface area (Å²) in [6, 6.07) is 4.14. The van der Waals surface area contributed by atoms with E-state index in [0.29, 0.717) is 6.04 Å². The lowest BCUT2D eigenvalue weighted by molar-refractivity contribution is -0.137. The summed E-state index contributed by atoms with van der Waals surface area (Å²) in [5.41, 5.74) is -0.853. The van der Waals surface area contributed by atoms with Gasteiger partial charge < -0.3 is 5.11 Å². The zero-order valence-electron chi connectivity index (χ0n) is 20.1. The van der Waals surface area contributed by atoms with Crippen LogP contribution < -0.4 is 4.72 Å². The Bertz CT molecular complexity index is 847. The number of hydrogen-bond donors (Lipinski definition) is 2. The average Bonchev–Trinajstić information content (AvgIpc) is 3.31. The average molecular weight is 505 g/mol. The molecule has 0 spiro atoms. The summed E-state index contributed by atoms with van der Waals surface area (Å²) in [4.78, 5) is 2.19. The number of hydrogen-bond acceptors (Lipinski definition) is 4. The van der Waals surface area contributed by atoms with Crippen LogP contribution in [0.25, 0.3) is 0 Å². The highest BCUT2D eigenvalue weighted by Crippen LogP contribution is 2.35. The summed E-state index contributed by atoms with van der Waals surface area (Å²) in [5.74, 6) is 0.876. The fraction of sp³-hybridized carbons (Fsp3) is 0.760. The van der Waals surface area contributed by atoms with Crippen molar-refractivity contribution >= 4 is 10.0 Å². The maximum atomic E-state index is 12.4. The van der Waals surface area contributed by atoms with Crippen LogP contribution in [0.4, 0.5) is 13.2 Å². The second-order valence-corrected chi connectivity index (χ2v) is 11.7. The Morgan fingerprint density at radius 1 is 0.912 bits per heavy atom. The fourth-order valence-corrected chi connectivity index (χ4v) is 6.94. The lowest BCUT2D eigenvalue weighted by Gasteiger charge is -2.35. The van der Waals surface area contributed by atoms with Crippen LogP contribution in [-0.2, 0) is 16.2 Å². The lowest BCUT2D eigenvalue weighted by Crippen LogP contribution is -2.41. The number of nitrogens with one attached hydrogen (secondary N) is 1. The van der Waals surface area contributed by atoms with Gasteiger partial charge in [0.2, 0.25) is 10.0 Å². The summed E-state index contributed by atoms with van der Waals surface area (Å²) in [7, 11) is -3.74. The molecule has 2 unspecified atom stereocenters. The Morgan fingerprint density at radius 3 is 2.00 bits per heavy atom. The Hall–Kier alpha value is -1.16. The molecular formula is C25H39F3N2O3S. The third-order valence-electron chi connectivity index (χ3n) is 7.44. The van der Waals surface area contributed by atoms with E-state index in [1.54, 1.807) is 0 Å². The van der Waals surface area contributed by atoms with Gasteiger partial charge in [0.15, 0.2) is 0 Å². The number of sulfonamides is 1. The number of aliphatic hydroxyl groups is 1. The van der Waals surface area contributed by atoms with Crippen LogP contribution in [0.5, 0.6) is 0 Å². The topological polar surface area (TPSA) is 69.6 Å². The van der Waals surface area contributed by atoms with Crippen molar-refractivity contribution in [3.63, 3.8) is 0 Å². The molecule has 0 aromatic heterocycles. The van der Waals surface area contributed by atoms with Crippen molar-refractivity contribution < 1.29 is 26.7 Å². The summed E-state index contributed by atoms with van der Waals surface area (Å²) >= 11 is 0. The molecule has 1 aromatic rings. The fourth-order valence-electron chi connectivity index (χ4n) is 5.63. The molecule has 2 aliphatic carbocycles. The molecule has 2 atom stereocenters. The van der Waals surface area contributed by atoms with E-state index >= 15 is 0 Å². The molecule has 2 saturated carbocycles. The SMILES string of the molecule is CC(O)N1CCCC1C1CCCCC1.O=S(=O)(NC1CCCCC1)c1ccc(C(F)(F)F)cc1. The van der Waals surface area contributed by atoms with Gasteiger partial charge >= 0.3 is 6.18 Å². The molecule has 0 bridgehead atoms. The molecule has 194 valence electrons. The van der Waals surface area contributed by atoms with Crippen molar-refractivity contribution in [2.45, 2.75) is 113 Å². The van der Waals surface area contributed by atoms with Gasteiger partial charge in [-0.05, 0) is 75.6 Å². The van der Waals surface area contributed by atoms with Crippen LogP contribution in [0.2, 0.25) is 0 Å². The molecule has 1 aromatic carbocycles. The first-order valence-corrected chi connectivity index (χ1v) is 14.2. The van der Waals surface area contributed by atoms with Gasteiger partial charge in [0.25, 0.3) is 0 Å². The number of alkyl halides is 3. The first-order chi connectivity index (χ1) is 16.1. The highest BCUT2D eigenvalue weighted by atomic mass is 32.2. The first kappa shape index (κ1) is 27.4. The Morgan fingerprint density at radius 2 is 1.47 bits per heavy atom. The van der Waals surface area contributed by atoms with E-state index in [1.165, 1.54) is 44.9 Å². The Kier molecular flexibility index (Phi) is 9.83. The zero-order chi connectivity index (χ0) is 24.8. The molecule has 0 radical (unpaired) electrons. The van der Waals surface area contributed by atoms with Gasteiger partial charge in [0, 0.05) is 18.6 Å². The zero-order valence-corrected chi connectivity index (χ0v) is 20.9. The van der Waals surface area contributed by atoms with E-state index in [1.807, 2.05) is 6.92 Å². The van der Waals surface area contributed by atoms with E-state index < -0.39 is 21.8 Å². The molecule has 34 heavy (non-hydrogen) atoms. The van der Waals surface area contributed by atoms with Crippen LogP contribution in [0.1, 0.15) is 89.5 Å². The molecule has 1 aliphatic heterocycles. The molecule has 2 N–H and O–H groups in total. The number of aliphatic hydroxyl groups excluding tert-OH is 1. The van der Waals surface area contributed by atoms with E-state index in [9.17, 15) is 26.7 Å².